The molecule has 0 aliphatic carbocycles. The monoisotopic (exact) mass is 583 g/mol. The molecule has 0 fully saturated rings. The van der Waals surface area contributed by atoms with Gasteiger partial charge in [0, 0.05) is 11.5 Å². The number of nitrogen functional groups attached to an aromatic ring is 1. The summed E-state index contributed by atoms with van der Waals surface area (Å²) in [5.74, 6) is -0.886. The Balaban J connectivity index is 2.41. The number of phenolic OH excluding ortho intramolecular Hbond substituents is 1. The molecule has 0 amide bonds. The number of nitrogens with two attached hydrogens (primary N) is 1. The second-order valence-electron chi connectivity index (χ2n) is 6.91. The standard InChI is InChI=1S/C16H13N3O13S4/c17-15-14-7(3-9(6-11(14)20)34(24,25)26)4-13(36(30,31)32)16(15)19-18-10-5-8(33(21,22)23)1-2-12(10)35(27,28)29/h1-6,20H,17H2,(H,21,22,23)(H,24,25,26)(H,27,28,29)(H,30,31,32)/b19-18+. The van der Waals surface area contributed by atoms with Crippen LogP contribution in [0, 0.1) is 0 Å². The van der Waals surface area contributed by atoms with Gasteiger partial charge in [0.2, 0.25) is 0 Å². The van der Waals surface area contributed by atoms with Crippen LogP contribution in [0.1, 0.15) is 0 Å². The molecule has 36 heavy (non-hydrogen) atoms. The Morgan fingerprint density at radius 2 is 1.19 bits per heavy atom. The van der Waals surface area contributed by atoms with Gasteiger partial charge >= 0.3 is 0 Å². The third-order valence-electron chi connectivity index (χ3n) is 4.51. The van der Waals surface area contributed by atoms with E-state index in [4.69, 9.17) is 5.73 Å². The molecule has 0 saturated carbocycles. The van der Waals surface area contributed by atoms with Gasteiger partial charge in [0.1, 0.15) is 26.9 Å². The summed E-state index contributed by atoms with van der Waals surface area (Å²) in [6, 6.07) is 3.49. The van der Waals surface area contributed by atoms with Crippen molar-refractivity contribution in [2.24, 2.45) is 10.2 Å². The summed E-state index contributed by atoms with van der Waals surface area (Å²) in [6.45, 7) is 0. The molecule has 3 aromatic carbocycles. The molecular formula is C16H13N3O13S4. The predicted octanol–water partition coefficient (Wildman–Crippen LogP) is 1.53. The Morgan fingerprint density at radius 3 is 1.69 bits per heavy atom. The molecule has 0 aromatic heterocycles. The van der Waals surface area contributed by atoms with Gasteiger partial charge in [-0.05, 0) is 35.7 Å². The van der Waals surface area contributed by atoms with Gasteiger partial charge in [0.05, 0.1) is 15.5 Å². The van der Waals surface area contributed by atoms with E-state index in [1.807, 2.05) is 0 Å². The Labute approximate surface area is 202 Å². The van der Waals surface area contributed by atoms with E-state index in [1.165, 1.54) is 0 Å². The maximum atomic E-state index is 12.0. The summed E-state index contributed by atoms with van der Waals surface area (Å²) >= 11 is 0. The molecule has 0 saturated heterocycles. The van der Waals surface area contributed by atoms with Crippen molar-refractivity contribution in [2.75, 3.05) is 5.73 Å². The number of hydrogen-bond acceptors (Lipinski definition) is 12. The molecule has 0 radical (unpaired) electrons. The molecule has 16 nitrogen and oxygen atoms in total. The zero-order chi connectivity index (χ0) is 27.4. The fourth-order valence-corrected chi connectivity index (χ4v) is 5.31. The second-order valence-corrected chi connectivity index (χ2v) is 12.5. The smallest absolute Gasteiger partial charge is 0.296 e. The van der Waals surface area contributed by atoms with Gasteiger partial charge in [0.25, 0.3) is 40.5 Å². The Kier molecular flexibility index (Phi) is 6.61. The minimum absolute atomic E-state index is 0.404. The van der Waals surface area contributed by atoms with Gasteiger partial charge < -0.3 is 10.8 Å². The van der Waals surface area contributed by atoms with Crippen molar-refractivity contribution < 1.29 is 57.0 Å². The minimum Gasteiger partial charge on any atom is -0.507 e. The maximum absolute atomic E-state index is 12.0. The van der Waals surface area contributed by atoms with Crippen molar-refractivity contribution in [1.82, 2.24) is 0 Å². The summed E-state index contributed by atoms with van der Waals surface area (Å²) in [4.78, 5) is -3.89. The molecule has 7 N–H and O–H groups in total. The van der Waals surface area contributed by atoms with E-state index in [2.05, 4.69) is 10.2 Å². The molecule has 194 valence electrons. The first-order valence-corrected chi connectivity index (χ1v) is 14.5. The molecule has 0 bridgehead atoms. The van der Waals surface area contributed by atoms with Crippen LogP contribution < -0.4 is 5.73 Å². The first-order valence-electron chi connectivity index (χ1n) is 8.76. The molecule has 0 spiro atoms. The van der Waals surface area contributed by atoms with Crippen LogP contribution in [0.15, 0.2) is 66.2 Å². The lowest BCUT2D eigenvalue weighted by Gasteiger charge is -2.12. The molecular weight excluding hydrogens is 570 g/mol. The first kappa shape index (κ1) is 27.3. The summed E-state index contributed by atoms with van der Waals surface area (Å²) in [5, 5.41) is 16.2. The molecule has 0 aliphatic rings. The predicted molar refractivity (Wildman–Crippen MR) is 120 cm³/mol. The number of phenols is 1. The Hall–Kier alpha value is -3.24. The SMILES string of the molecule is Nc1c(/N=N/c2cc(S(=O)(=O)O)ccc2S(=O)(=O)O)c(S(=O)(=O)O)cc2cc(S(=O)(=O)O)cc(O)c12. The van der Waals surface area contributed by atoms with Crippen LogP contribution in [-0.2, 0) is 40.5 Å². The molecule has 0 aliphatic heterocycles. The molecule has 20 heteroatoms. The highest BCUT2D eigenvalue weighted by atomic mass is 32.2. The van der Waals surface area contributed by atoms with E-state index in [0.29, 0.717) is 36.4 Å². The number of azo groups is 1. The zero-order valence-electron chi connectivity index (χ0n) is 17.1. The number of anilines is 1. The third-order valence-corrected chi connectivity index (χ3v) is 7.95. The highest BCUT2D eigenvalue weighted by Gasteiger charge is 2.25. The summed E-state index contributed by atoms with van der Waals surface area (Å²) < 4.78 is 130. The fourth-order valence-electron chi connectivity index (χ4n) is 3.00. The topological polar surface area (TPSA) is 288 Å². The molecule has 3 rings (SSSR count). The third kappa shape index (κ3) is 5.44. The Bertz CT molecular complexity index is 1900. The van der Waals surface area contributed by atoms with E-state index in [-0.39, 0.29) is 0 Å². The van der Waals surface area contributed by atoms with Crippen LogP contribution in [0.25, 0.3) is 10.8 Å². The average Bonchev–Trinajstić information content (AvgIpc) is 2.69. The van der Waals surface area contributed by atoms with Crippen LogP contribution in [0.2, 0.25) is 0 Å². The highest BCUT2D eigenvalue weighted by Crippen LogP contribution is 2.43. The van der Waals surface area contributed by atoms with E-state index in [0.717, 1.165) is 0 Å². The number of nitrogens with zero attached hydrogens (tertiary/aromatic N) is 2. The maximum Gasteiger partial charge on any atom is 0.296 e. The van der Waals surface area contributed by atoms with Crippen molar-refractivity contribution >= 4 is 68.3 Å². The van der Waals surface area contributed by atoms with Gasteiger partial charge in [-0.3, -0.25) is 18.2 Å². The van der Waals surface area contributed by atoms with Gasteiger partial charge in [-0.15, -0.1) is 10.2 Å². The van der Waals surface area contributed by atoms with E-state index < -0.39 is 93.6 Å². The van der Waals surface area contributed by atoms with Gasteiger partial charge in [-0.1, -0.05) is 0 Å². The molecule has 0 heterocycles. The molecule has 0 atom stereocenters. The lowest BCUT2D eigenvalue weighted by Crippen LogP contribution is -2.03. The van der Waals surface area contributed by atoms with Gasteiger partial charge in [0.15, 0.2) is 0 Å². The highest BCUT2D eigenvalue weighted by molar-refractivity contribution is 7.86. The summed E-state index contributed by atoms with van der Waals surface area (Å²) in [5.41, 5.74) is 3.29. The number of rotatable bonds is 6. The summed E-state index contributed by atoms with van der Waals surface area (Å²) in [6.07, 6.45) is 0. The van der Waals surface area contributed by atoms with Crippen molar-refractivity contribution in [2.45, 2.75) is 19.6 Å². The second kappa shape index (κ2) is 8.70. The van der Waals surface area contributed by atoms with Gasteiger partial charge in [-0.2, -0.15) is 33.7 Å². The van der Waals surface area contributed by atoms with Crippen molar-refractivity contribution in [3.8, 4) is 5.75 Å². The van der Waals surface area contributed by atoms with Crippen LogP contribution in [0.3, 0.4) is 0 Å². The van der Waals surface area contributed by atoms with Gasteiger partial charge in [-0.25, -0.2) is 0 Å². The number of fused-ring (bicyclic) bond motifs is 1. The van der Waals surface area contributed by atoms with Crippen molar-refractivity contribution in [3.63, 3.8) is 0 Å². The van der Waals surface area contributed by atoms with E-state index >= 15 is 0 Å². The van der Waals surface area contributed by atoms with Crippen LogP contribution in [0.4, 0.5) is 17.1 Å². The largest absolute Gasteiger partial charge is 0.507 e. The fraction of sp³-hybridized carbons (Fsp3) is 0. The summed E-state index contributed by atoms with van der Waals surface area (Å²) in [7, 11) is -20.0. The minimum atomic E-state index is -5.21. The molecule has 0 unspecified atom stereocenters. The van der Waals surface area contributed by atoms with Crippen molar-refractivity contribution in [3.05, 3.63) is 36.4 Å². The number of benzene rings is 3. The normalized spacial score (nSPS) is 13.4. The van der Waals surface area contributed by atoms with E-state index in [9.17, 15) is 57.0 Å². The van der Waals surface area contributed by atoms with E-state index in [1.54, 1.807) is 0 Å². The average molecular weight is 584 g/mol. The van der Waals surface area contributed by atoms with Crippen LogP contribution in [-0.4, -0.2) is 57.0 Å². The zero-order valence-corrected chi connectivity index (χ0v) is 20.3. The number of hydrogen-bond donors (Lipinski definition) is 6. The first-order chi connectivity index (χ1) is 16.2. The Morgan fingerprint density at radius 1 is 0.639 bits per heavy atom. The quantitative estimate of drug-likeness (QED) is 0.136. The van der Waals surface area contributed by atoms with Crippen LogP contribution in [0.5, 0.6) is 5.75 Å². The number of aromatic hydroxyl groups is 1. The lowest BCUT2D eigenvalue weighted by atomic mass is 10.1. The van der Waals surface area contributed by atoms with Crippen molar-refractivity contribution in [1.29, 1.82) is 0 Å². The lowest BCUT2D eigenvalue weighted by molar-refractivity contribution is 0.471. The molecule has 3 aromatic rings. The van der Waals surface area contributed by atoms with Crippen LogP contribution >= 0.6 is 0 Å².